The number of nitrogens with zero attached hydrogens (tertiary/aromatic N) is 3. The molecule has 20 heavy (non-hydrogen) atoms. The van der Waals surface area contributed by atoms with E-state index in [0.717, 1.165) is 29.5 Å². The summed E-state index contributed by atoms with van der Waals surface area (Å²) in [5, 5.41) is 11.7. The Morgan fingerprint density at radius 2 is 2.10 bits per heavy atom. The lowest BCUT2D eigenvalue weighted by Gasteiger charge is -2.23. The van der Waals surface area contributed by atoms with E-state index in [2.05, 4.69) is 20.4 Å². The molecule has 1 aliphatic carbocycles. The highest BCUT2D eigenvalue weighted by Crippen LogP contribution is 2.30. The summed E-state index contributed by atoms with van der Waals surface area (Å²) in [6, 6.07) is 0. The fourth-order valence-corrected chi connectivity index (χ4v) is 4.29. The first-order valence-electron chi connectivity index (χ1n) is 7.31. The normalized spacial score (nSPS) is 20.0. The Morgan fingerprint density at radius 1 is 1.30 bits per heavy atom. The van der Waals surface area contributed by atoms with E-state index >= 15 is 0 Å². The molecule has 1 aliphatic heterocycles. The van der Waals surface area contributed by atoms with E-state index in [1.807, 2.05) is 0 Å². The largest absolute Gasteiger partial charge is 0.303 e. The molecule has 7 heteroatoms. The molecular formula is C13H20N4OS2. The van der Waals surface area contributed by atoms with Gasteiger partial charge in [-0.25, -0.2) is 0 Å². The highest BCUT2D eigenvalue weighted by molar-refractivity contribution is 8.01. The number of anilines is 1. The van der Waals surface area contributed by atoms with Gasteiger partial charge in [0.05, 0.1) is 0 Å². The molecular weight excluding hydrogens is 292 g/mol. The summed E-state index contributed by atoms with van der Waals surface area (Å²) in [4.78, 5) is 14.3. The van der Waals surface area contributed by atoms with E-state index in [9.17, 15) is 4.79 Å². The molecule has 0 aromatic carbocycles. The molecule has 1 saturated heterocycles. The number of nitrogens with one attached hydrogen (secondary N) is 1. The van der Waals surface area contributed by atoms with Crippen LogP contribution >= 0.6 is 23.1 Å². The topological polar surface area (TPSA) is 58.1 Å². The molecule has 110 valence electrons. The first-order chi connectivity index (χ1) is 9.81. The van der Waals surface area contributed by atoms with E-state index in [1.165, 1.54) is 43.7 Å². The van der Waals surface area contributed by atoms with Crippen LogP contribution in [-0.2, 0) is 4.79 Å². The summed E-state index contributed by atoms with van der Waals surface area (Å²) < 4.78 is 0.952. The molecule has 1 N–H and O–H groups in total. The number of likely N-dealkylation sites (tertiary alicyclic amines) is 1. The van der Waals surface area contributed by atoms with Gasteiger partial charge in [0.2, 0.25) is 11.0 Å². The summed E-state index contributed by atoms with van der Waals surface area (Å²) in [5.41, 5.74) is 0. The second-order valence-corrected chi connectivity index (χ2v) is 7.71. The van der Waals surface area contributed by atoms with Crippen molar-refractivity contribution in [3.05, 3.63) is 0 Å². The van der Waals surface area contributed by atoms with Gasteiger partial charge in [0.1, 0.15) is 0 Å². The zero-order chi connectivity index (χ0) is 13.8. The van der Waals surface area contributed by atoms with Gasteiger partial charge in [-0.2, -0.15) is 0 Å². The van der Waals surface area contributed by atoms with Gasteiger partial charge in [-0.1, -0.05) is 29.5 Å². The second kappa shape index (κ2) is 6.87. The van der Waals surface area contributed by atoms with Crippen LogP contribution in [-0.4, -0.2) is 46.4 Å². The quantitative estimate of drug-likeness (QED) is 0.646. The van der Waals surface area contributed by atoms with Crippen molar-refractivity contribution in [3.8, 4) is 0 Å². The third kappa shape index (κ3) is 3.71. The predicted octanol–water partition coefficient (Wildman–Crippen LogP) is 2.46. The van der Waals surface area contributed by atoms with Crippen LogP contribution in [0.15, 0.2) is 4.34 Å². The molecule has 0 radical (unpaired) electrons. The van der Waals surface area contributed by atoms with Crippen molar-refractivity contribution >= 4 is 34.1 Å². The zero-order valence-corrected chi connectivity index (χ0v) is 13.1. The third-order valence-electron chi connectivity index (χ3n) is 3.94. The van der Waals surface area contributed by atoms with Crippen LogP contribution in [0.25, 0.3) is 0 Å². The van der Waals surface area contributed by atoms with Gasteiger partial charge >= 0.3 is 0 Å². The fourth-order valence-electron chi connectivity index (χ4n) is 2.46. The van der Waals surface area contributed by atoms with E-state index < -0.39 is 0 Å². The summed E-state index contributed by atoms with van der Waals surface area (Å²) in [6.07, 6.45) is 5.87. The minimum absolute atomic E-state index is 0.112. The maximum Gasteiger partial charge on any atom is 0.229 e. The molecule has 1 aromatic rings. The Labute approximate surface area is 127 Å². The zero-order valence-electron chi connectivity index (χ0n) is 11.5. The maximum atomic E-state index is 11.8. The van der Waals surface area contributed by atoms with Crippen molar-refractivity contribution in [2.45, 2.75) is 36.4 Å². The molecule has 2 heterocycles. The van der Waals surface area contributed by atoms with Crippen molar-refractivity contribution in [1.82, 2.24) is 15.1 Å². The van der Waals surface area contributed by atoms with Gasteiger partial charge in [0, 0.05) is 18.2 Å². The van der Waals surface area contributed by atoms with Crippen LogP contribution in [0, 0.1) is 5.92 Å². The van der Waals surface area contributed by atoms with E-state index in [4.69, 9.17) is 0 Å². The monoisotopic (exact) mass is 312 g/mol. The summed E-state index contributed by atoms with van der Waals surface area (Å²) in [5.74, 6) is 1.36. The average molecular weight is 312 g/mol. The minimum atomic E-state index is 0.112. The first kappa shape index (κ1) is 14.3. The van der Waals surface area contributed by atoms with Crippen LogP contribution in [0.2, 0.25) is 0 Å². The number of hydrogen-bond acceptors (Lipinski definition) is 6. The lowest BCUT2D eigenvalue weighted by molar-refractivity contribution is -0.122. The van der Waals surface area contributed by atoms with E-state index in [0.29, 0.717) is 5.13 Å². The van der Waals surface area contributed by atoms with Crippen molar-refractivity contribution in [2.24, 2.45) is 5.92 Å². The Hall–Kier alpha value is -0.660. The van der Waals surface area contributed by atoms with Crippen LogP contribution < -0.4 is 5.32 Å². The van der Waals surface area contributed by atoms with Gasteiger partial charge in [0.25, 0.3) is 0 Å². The molecule has 5 nitrogen and oxygen atoms in total. The van der Waals surface area contributed by atoms with E-state index in [-0.39, 0.29) is 11.8 Å². The number of hydrogen-bond donors (Lipinski definition) is 1. The first-order valence-corrected chi connectivity index (χ1v) is 9.11. The van der Waals surface area contributed by atoms with Crippen molar-refractivity contribution in [3.63, 3.8) is 0 Å². The van der Waals surface area contributed by atoms with Crippen molar-refractivity contribution in [2.75, 3.05) is 30.7 Å². The molecule has 0 unspecified atom stereocenters. The summed E-state index contributed by atoms with van der Waals surface area (Å²) >= 11 is 3.22. The molecule has 3 rings (SSSR count). The van der Waals surface area contributed by atoms with Gasteiger partial charge in [-0.15, -0.1) is 10.2 Å². The number of carbonyl (C=O) groups is 1. The number of aromatic nitrogens is 2. The van der Waals surface area contributed by atoms with Crippen LogP contribution in [0.4, 0.5) is 5.13 Å². The minimum Gasteiger partial charge on any atom is -0.303 e. The highest BCUT2D eigenvalue weighted by Gasteiger charge is 2.25. The molecule has 1 aromatic heterocycles. The Bertz CT molecular complexity index is 455. The predicted molar refractivity (Wildman–Crippen MR) is 82.3 cm³/mol. The van der Waals surface area contributed by atoms with Gasteiger partial charge in [-0.3, -0.25) is 4.79 Å². The van der Waals surface area contributed by atoms with Crippen molar-refractivity contribution < 1.29 is 4.79 Å². The summed E-state index contributed by atoms with van der Waals surface area (Å²) in [7, 11) is 0. The molecule has 0 atom stereocenters. The molecule has 2 fully saturated rings. The molecule has 0 bridgehead atoms. The summed E-state index contributed by atoms with van der Waals surface area (Å²) in [6.45, 7) is 3.59. The highest BCUT2D eigenvalue weighted by atomic mass is 32.2. The van der Waals surface area contributed by atoms with E-state index in [1.54, 1.807) is 11.8 Å². The van der Waals surface area contributed by atoms with Gasteiger partial charge in [-0.05, 0) is 38.8 Å². The fraction of sp³-hybridized carbons (Fsp3) is 0.769. The number of carbonyl (C=O) groups excluding carboxylic acids is 1. The molecule has 1 amide bonds. The Morgan fingerprint density at radius 3 is 2.80 bits per heavy atom. The van der Waals surface area contributed by atoms with Gasteiger partial charge in [0.15, 0.2) is 4.34 Å². The second-order valence-electron chi connectivity index (χ2n) is 5.39. The lowest BCUT2D eigenvalue weighted by atomic mass is 9.85. The van der Waals surface area contributed by atoms with Crippen molar-refractivity contribution in [1.29, 1.82) is 0 Å². The van der Waals surface area contributed by atoms with Crippen LogP contribution in [0.3, 0.4) is 0 Å². The van der Waals surface area contributed by atoms with Gasteiger partial charge < -0.3 is 10.2 Å². The van der Waals surface area contributed by atoms with Crippen LogP contribution in [0.5, 0.6) is 0 Å². The number of rotatable bonds is 6. The molecule has 2 aliphatic rings. The molecule has 1 saturated carbocycles. The Balaban J connectivity index is 1.40. The standard InChI is InChI=1S/C13H20N4OS2/c18-11(10-4-3-5-10)14-12-15-16-13(20-12)19-9-8-17-6-1-2-7-17/h10H,1-9H2,(H,14,15,18). The molecule has 0 spiro atoms. The maximum absolute atomic E-state index is 11.8. The number of amides is 1. The lowest BCUT2D eigenvalue weighted by Crippen LogP contribution is -2.27. The Kier molecular flexibility index (Phi) is 4.90. The smallest absolute Gasteiger partial charge is 0.229 e. The third-order valence-corrected chi connectivity index (χ3v) is 5.90. The van der Waals surface area contributed by atoms with Crippen LogP contribution in [0.1, 0.15) is 32.1 Å². The SMILES string of the molecule is O=C(Nc1nnc(SCCN2CCCC2)s1)C1CCC1. The number of thioether (sulfide) groups is 1. The average Bonchev–Trinajstić information content (AvgIpc) is 2.99.